The van der Waals surface area contributed by atoms with Crippen molar-refractivity contribution >= 4 is 33.3 Å². The lowest BCUT2D eigenvalue weighted by Crippen LogP contribution is -2.45. The molecule has 0 spiro atoms. The Morgan fingerprint density at radius 3 is 2.59 bits per heavy atom. The molecule has 3 nitrogen and oxygen atoms in total. The van der Waals surface area contributed by atoms with Crippen LogP contribution in [0.2, 0.25) is 5.02 Å². The monoisotopic (exact) mass is 316 g/mol. The molecule has 17 heavy (non-hydrogen) atoms. The van der Waals surface area contributed by atoms with Gasteiger partial charge in [0, 0.05) is 22.8 Å². The number of anilines is 1. The lowest BCUT2D eigenvalue weighted by Gasteiger charge is -2.38. The Hall–Kier alpha value is -0.320. The van der Waals surface area contributed by atoms with E-state index in [0.717, 1.165) is 36.0 Å². The highest BCUT2D eigenvalue weighted by Crippen LogP contribution is 2.41. The Labute approximate surface area is 114 Å². The van der Waals surface area contributed by atoms with Crippen molar-refractivity contribution in [2.75, 3.05) is 4.90 Å². The third kappa shape index (κ3) is 2.07. The maximum Gasteiger partial charge on any atom is 0.147 e. The van der Waals surface area contributed by atoms with Gasteiger partial charge in [0.05, 0.1) is 11.1 Å². The molecule has 1 N–H and O–H groups in total. The molecule has 2 aliphatic rings. The minimum absolute atomic E-state index is 0.155. The highest BCUT2D eigenvalue weighted by molar-refractivity contribution is 9.10. The Kier molecular flexibility index (Phi) is 3.05. The van der Waals surface area contributed by atoms with Crippen LogP contribution in [-0.2, 0) is 0 Å². The Morgan fingerprint density at radius 1 is 1.35 bits per heavy atom. The van der Waals surface area contributed by atoms with Crippen LogP contribution in [0.5, 0.6) is 0 Å². The SMILES string of the molecule is OC1CC2CCC(C1)N2c1ncc(Br)cc1Cl. The normalized spacial score (nSPS) is 31.9. The van der Waals surface area contributed by atoms with E-state index in [1.807, 2.05) is 6.07 Å². The van der Waals surface area contributed by atoms with Crippen molar-refractivity contribution in [2.45, 2.75) is 43.9 Å². The zero-order chi connectivity index (χ0) is 12.0. The van der Waals surface area contributed by atoms with Crippen molar-refractivity contribution in [3.63, 3.8) is 0 Å². The molecule has 0 radical (unpaired) electrons. The fourth-order valence-electron chi connectivity index (χ4n) is 3.09. The number of aliphatic hydroxyl groups is 1. The van der Waals surface area contributed by atoms with Crippen LogP contribution in [0.3, 0.4) is 0 Å². The number of nitrogens with zero attached hydrogens (tertiary/aromatic N) is 2. The second-order valence-electron chi connectivity index (χ2n) is 4.88. The van der Waals surface area contributed by atoms with Crippen LogP contribution in [0, 0.1) is 0 Å². The minimum atomic E-state index is -0.155. The predicted octanol–water partition coefficient (Wildman–Crippen LogP) is 2.99. The quantitative estimate of drug-likeness (QED) is 0.865. The molecule has 1 aromatic rings. The van der Waals surface area contributed by atoms with Gasteiger partial charge in [-0.3, -0.25) is 0 Å². The summed E-state index contributed by atoms with van der Waals surface area (Å²) in [6.07, 6.45) is 5.57. The summed E-state index contributed by atoms with van der Waals surface area (Å²) in [7, 11) is 0. The molecular weight excluding hydrogens is 304 g/mol. The molecule has 92 valence electrons. The summed E-state index contributed by atoms with van der Waals surface area (Å²) < 4.78 is 0.899. The van der Waals surface area contributed by atoms with Crippen LogP contribution in [0.15, 0.2) is 16.7 Å². The van der Waals surface area contributed by atoms with E-state index in [1.165, 1.54) is 0 Å². The summed E-state index contributed by atoms with van der Waals surface area (Å²) in [5.74, 6) is 0.870. The first-order valence-electron chi connectivity index (χ1n) is 5.92. The van der Waals surface area contributed by atoms with Crippen molar-refractivity contribution in [3.05, 3.63) is 21.8 Å². The zero-order valence-electron chi connectivity index (χ0n) is 9.31. The molecule has 0 saturated carbocycles. The molecular formula is C12H14BrClN2O. The minimum Gasteiger partial charge on any atom is -0.393 e. The van der Waals surface area contributed by atoms with Crippen LogP contribution in [0.4, 0.5) is 5.82 Å². The van der Waals surface area contributed by atoms with E-state index in [4.69, 9.17) is 11.6 Å². The molecule has 0 amide bonds. The molecule has 2 atom stereocenters. The van der Waals surface area contributed by atoms with Gasteiger partial charge < -0.3 is 10.0 Å². The lowest BCUT2D eigenvalue weighted by molar-refractivity contribution is 0.126. The number of hydrogen-bond acceptors (Lipinski definition) is 3. The van der Waals surface area contributed by atoms with Gasteiger partial charge in [0.1, 0.15) is 5.82 Å². The molecule has 2 bridgehead atoms. The van der Waals surface area contributed by atoms with Gasteiger partial charge in [-0.1, -0.05) is 11.6 Å². The molecule has 2 saturated heterocycles. The van der Waals surface area contributed by atoms with Crippen molar-refractivity contribution in [2.24, 2.45) is 0 Å². The van der Waals surface area contributed by atoms with Gasteiger partial charge in [-0.05, 0) is 47.7 Å². The number of hydrogen-bond donors (Lipinski definition) is 1. The first-order valence-corrected chi connectivity index (χ1v) is 7.09. The Bertz CT molecular complexity index is 429. The van der Waals surface area contributed by atoms with Crippen LogP contribution in [-0.4, -0.2) is 28.3 Å². The van der Waals surface area contributed by atoms with Crippen molar-refractivity contribution in [1.82, 2.24) is 4.98 Å². The maximum absolute atomic E-state index is 9.78. The number of aliphatic hydroxyl groups excluding tert-OH is 1. The molecule has 0 aliphatic carbocycles. The predicted molar refractivity (Wildman–Crippen MR) is 71.5 cm³/mol. The van der Waals surface area contributed by atoms with E-state index in [2.05, 4.69) is 25.8 Å². The average Bonchev–Trinajstić information content (AvgIpc) is 2.53. The van der Waals surface area contributed by atoms with Gasteiger partial charge >= 0.3 is 0 Å². The zero-order valence-corrected chi connectivity index (χ0v) is 11.7. The van der Waals surface area contributed by atoms with Crippen molar-refractivity contribution in [3.8, 4) is 0 Å². The van der Waals surface area contributed by atoms with E-state index >= 15 is 0 Å². The van der Waals surface area contributed by atoms with Crippen LogP contribution >= 0.6 is 27.5 Å². The topological polar surface area (TPSA) is 36.4 Å². The molecule has 5 heteroatoms. The molecule has 2 unspecified atom stereocenters. The van der Waals surface area contributed by atoms with Crippen LogP contribution in [0.1, 0.15) is 25.7 Å². The van der Waals surface area contributed by atoms with E-state index in [9.17, 15) is 5.11 Å². The lowest BCUT2D eigenvalue weighted by atomic mass is 10.00. The number of rotatable bonds is 1. The summed E-state index contributed by atoms with van der Waals surface area (Å²) in [5, 5.41) is 10.5. The Morgan fingerprint density at radius 2 is 2.00 bits per heavy atom. The van der Waals surface area contributed by atoms with Gasteiger partial charge in [-0.25, -0.2) is 4.98 Å². The second kappa shape index (κ2) is 4.41. The fraction of sp³-hybridized carbons (Fsp3) is 0.583. The Balaban J connectivity index is 1.94. The van der Waals surface area contributed by atoms with Gasteiger partial charge in [0.15, 0.2) is 0 Å². The maximum atomic E-state index is 9.78. The fourth-order valence-corrected chi connectivity index (χ4v) is 3.82. The average molecular weight is 318 g/mol. The second-order valence-corrected chi connectivity index (χ2v) is 6.20. The standard InChI is InChI=1S/C12H14BrClN2O/c13-7-3-11(14)12(15-6-7)16-8-1-2-9(16)5-10(17)4-8/h3,6,8-10,17H,1-2,4-5H2. The summed E-state index contributed by atoms with van der Waals surface area (Å²) in [4.78, 5) is 6.74. The van der Waals surface area contributed by atoms with E-state index in [-0.39, 0.29) is 6.10 Å². The molecule has 1 aromatic heterocycles. The van der Waals surface area contributed by atoms with Crippen molar-refractivity contribution < 1.29 is 5.11 Å². The highest BCUT2D eigenvalue weighted by Gasteiger charge is 2.41. The third-order valence-corrected chi connectivity index (χ3v) is 4.45. The number of piperidine rings is 1. The molecule has 2 fully saturated rings. The van der Waals surface area contributed by atoms with Crippen molar-refractivity contribution in [1.29, 1.82) is 0 Å². The highest BCUT2D eigenvalue weighted by atomic mass is 79.9. The van der Waals surface area contributed by atoms with Gasteiger partial charge in [0.2, 0.25) is 0 Å². The molecule has 0 aromatic carbocycles. The van der Waals surface area contributed by atoms with Gasteiger partial charge in [-0.2, -0.15) is 0 Å². The first-order chi connectivity index (χ1) is 8.15. The first kappa shape index (κ1) is 11.8. The van der Waals surface area contributed by atoms with Gasteiger partial charge in [-0.15, -0.1) is 0 Å². The smallest absolute Gasteiger partial charge is 0.147 e. The van der Waals surface area contributed by atoms with Crippen LogP contribution in [0.25, 0.3) is 0 Å². The van der Waals surface area contributed by atoms with Gasteiger partial charge in [0.25, 0.3) is 0 Å². The number of halogens is 2. The summed E-state index contributed by atoms with van der Waals surface area (Å²) >= 11 is 9.63. The molecule has 2 aliphatic heterocycles. The van der Waals surface area contributed by atoms with E-state index < -0.39 is 0 Å². The number of aromatic nitrogens is 1. The molecule has 3 rings (SSSR count). The van der Waals surface area contributed by atoms with Crippen LogP contribution < -0.4 is 4.90 Å². The van der Waals surface area contributed by atoms with E-state index in [1.54, 1.807) is 6.20 Å². The number of pyridine rings is 1. The molecule has 3 heterocycles. The summed E-state index contributed by atoms with van der Waals surface area (Å²) in [6.45, 7) is 0. The summed E-state index contributed by atoms with van der Waals surface area (Å²) in [5.41, 5.74) is 0. The number of fused-ring (bicyclic) bond motifs is 2. The largest absolute Gasteiger partial charge is 0.393 e. The summed E-state index contributed by atoms with van der Waals surface area (Å²) in [6, 6.07) is 2.68. The third-order valence-electron chi connectivity index (χ3n) is 3.74. The van der Waals surface area contributed by atoms with E-state index in [0.29, 0.717) is 17.1 Å².